The van der Waals surface area contributed by atoms with Crippen LogP contribution >= 0.6 is 11.8 Å². The van der Waals surface area contributed by atoms with Crippen LogP contribution in [0.4, 0.5) is 17.6 Å². The summed E-state index contributed by atoms with van der Waals surface area (Å²) in [5.74, 6) is 1.96. The van der Waals surface area contributed by atoms with Gasteiger partial charge >= 0.3 is 0 Å². The molecule has 0 aliphatic heterocycles. The molecule has 0 amide bonds. The van der Waals surface area contributed by atoms with E-state index in [0.717, 1.165) is 11.3 Å². The highest BCUT2D eigenvalue weighted by Gasteiger charge is 2.12. The van der Waals surface area contributed by atoms with Crippen molar-refractivity contribution in [2.75, 3.05) is 11.1 Å². The molecule has 0 spiro atoms. The smallest absolute Gasteiger partial charge is 0.277 e. The van der Waals surface area contributed by atoms with Crippen molar-refractivity contribution in [3.63, 3.8) is 0 Å². The number of benzene rings is 2. The molecule has 3 N–H and O–H groups in total. The van der Waals surface area contributed by atoms with Crippen LogP contribution in [0.5, 0.6) is 0 Å². The van der Waals surface area contributed by atoms with Crippen LogP contribution in [0.15, 0.2) is 58.2 Å². The summed E-state index contributed by atoms with van der Waals surface area (Å²) in [6.45, 7) is 4.12. The minimum Gasteiger partial charge on any atom is -0.411 e. The van der Waals surface area contributed by atoms with Gasteiger partial charge in [0.2, 0.25) is 17.8 Å². The highest BCUT2D eigenvalue weighted by atomic mass is 32.2. The van der Waals surface area contributed by atoms with Gasteiger partial charge in [0.25, 0.3) is 5.22 Å². The van der Waals surface area contributed by atoms with E-state index < -0.39 is 0 Å². The molecule has 2 heterocycles. The van der Waals surface area contributed by atoms with Gasteiger partial charge in [0.1, 0.15) is 5.82 Å². The number of aromatic nitrogens is 5. The fourth-order valence-corrected chi connectivity index (χ4v) is 3.21. The Morgan fingerprint density at radius 2 is 1.79 bits per heavy atom. The molecule has 0 fully saturated rings. The second-order valence-electron chi connectivity index (χ2n) is 6.39. The second-order valence-corrected chi connectivity index (χ2v) is 7.31. The van der Waals surface area contributed by atoms with Crippen molar-refractivity contribution in [1.82, 2.24) is 25.1 Å². The molecule has 0 unspecified atom stereocenters. The molecule has 0 saturated heterocycles. The fourth-order valence-electron chi connectivity index (χ4n) is 2.59. The van der Waals surface area contributed by atoms with Gasteiger partial charge in [-0.2, -0.15) is 15.0 Å². The van der Waals surface area contributed by atoms with Crippen LogP contribution in [0.25, 0.3) is 11.5 Å². The van der Waals surface area contributed by atoms with Gasteiger partial charge in [-0.25, -0.2) is 0 Å². The highest BCUT2D eigenvalue weighted by molar-refractivity contribution is 7.98. The number of nitrogens with one attached hydrogen (secondary N) is 1. The van der Waals surface area contributed by atoms with Gasteiger partial charge in [-0.1, -0.05) is 36.0 Å². The summed E-state index contributed by atoms with van der Waals surface area (Å²) in [6.07, 6.45) is 0. The molecule has 0 aliphatic carbocycles. The molecule has 0 radical (unpaired) electrons. The number of aryl methyl sites for hydroxylation is 2. The monoisotopic (exact) mass is 405 g/mol. The lowest BCUT2D eigenvalue weighted by Gasteiger charge is -2.06. The Balaban J connectivity index is 1.45. The van der Waals surface area contributed by atoms with Crippen molar-refractivity contribution in [2.24, 2.45) is 0 Å². The predicted molar refractivity (Wildman–Crippen MR) is 113 cm³/mol. The Labute approximate surface area is 172 Å². The fraction of sp³-hybridized carbons (Fsp3) is 0.150. The van der Waals surface area contributed by atoms with Gasteiger partial charge in [-0.15, -0.1) is 10.2 Å². The van der Waals surface area contributed by atoms with Crippen molar-refractivity contribution in [1.29, 1.82) is 0 Å². The number of para-hydroxylation sites is 1. The Hall–Kier alpha value is -3.46. The van der Waals surface area contributed by atoms with Crippen LogP contribution < -0.4 is 11.1 Å². The highest BCUT2D eigenvalue weighted by Crippen LogP contribution is 2.26. The van der Waals surface area contributed by atoms with E-state index in [1.165, 1.54) is 22.9 Å². The third kappa shape index (κ3) is 4.69. The molecule has 0 saturated carbocycles. The van der Waals surface area contributed by atoms with E-state index >= 15 is 0 Å². The van der Waals surface area contributed by atoms with Crippen LogP contribution in [0.3, 0.4) is 0 Å². The van der Waals surface area contributed by atoms with Gasteiger partial charge in [-0.3, -0.25) is 0 Å². The summed E-state index contributed by atoms with van der Waals surface area (Å²) >= 11 is 1.34. The number of nitrogens with two attached hydrogens (primary N) is 1. The zero-order valence-electron chi connectivity index (χ0n) is 16.0. The zero-order chi connectivity index (χ0) is 20.2. The van der Waals surface area contributed by atoms with Gasteiger partial charge in [0, 0.05) is 11.3 Å². The number of nitrogens with zero attached hydrogens (tertiary/aromatic N) is 5. The van der Waals surface area contributed by atoms with E-state index in [-0.39, 0.29) is 5.95 Å². The molecule has 29 heavy (non-hydrogen) atoms. The molecule has 4 rings (SSSR count). The van der Waals surface area contributed by atoms with Crippen LogP contribution in [-0.2, 0) is 5.75 Å². The Kier molecular flexibility index (Phi) is 5.39. The molecule has 2 aromatic heterocycles. The third-order valence-electron chi connectivity index (χ3n) is 4.21. The van der Waals surface area contributed by atoms with Gasteiger partial charge in [0.05, 0.1) is 5.75 Å². The predicted octanol–water partition coefficient (Wildman–Crippen LogP) is 4.16. The van der Waals surface area contributed by atoms with Crippen molar-refractivity contribution >= 4 is 29.3 Å². The summed E-state index contributed by atoms with van der Waals surface area (Å²) < 4.78 is 5.77. The molecule has 0 atom stereocenters. The van der Waals surface area contributed by atoms with Crippen molar-refractivity contribution < 1.29 is 4.42 Å². The summed E-state index contributed by atoms with van der Waals surface area (Å²) in [6, 6.07) is 15.7. The van der Waals surface area contributed by atoms with Crippen molar-refractivity contribution in [2.45, 2.75) is 24.8 Å². The van der Waals surface area contributed by atoms with Crippen molar-refractivity contribution in [3.8, 4) is 11.5 Å². The molecule has 146 valence electrons. The van der Waals surface area contributed by atoms with E-state index in [0.29, 0.717) is 28.6 Å². The second kappa shape index (κ2) is 8.27. The Bertz CT molecular complexity index is 1130. The first-order valence-electron chi connectivity index (χ1n) is 8.93. The molecule has 9 heteroatoms. The topological polar surface area (TPSA) is 116 Å². The van der Waals surface area contributed by atoms with Crippen LogP contribution in [0, 0.1) is 13.8 Å². The SMILES string of the molecule is Cc1ccc(-c2nnc(SCc3nc(N)nc(Nc4ccccc4)n3)o2)cc1C. The summed E-state index contributed by atoms with van der Waals surface area (Å²) in [5.41, 5.74) is 9.98. The number of hydrogen-bond acceptors (Lipinski definition) is 9. The zero-order valence-corrected chi connectivity index (χ0v) is 16.8. The molecule has 8 nitrogen and oxygen atoms in total. The van der Waals surface area contributed by atoms with Gasteiger partial charge in [0.15, 0.2) is 0 Å². The minimum atomic E-state index is 0.148. The molecule has 0 bridgehead atoms. The summed E-state index contributed by atoms with van der Waals surface area (Å²) in [4.78, 5) is 12.7. The lowest BCUT2D eigenvalue weighted by Crippen LogP contribution is -2.06. The largest absolute Gasteiger partial charge is 0.411 e. The maximum atomic E-state index is 5.83. The number of nitrogen functional groups attached to an aromatic ring is 1. The van der Waals surface area contributed by atoms with Gasteiger partial charge in [-0.05, 0) is 49.2 Å². The Morgan fingerprint density at radius 1 is 0.966 bits per heavy atom. The summed E-state index contributed by atoms with van der Waals surface area (Å²) in [7, 11) is 0. The number of thioether (sulfide) groups is 1. The maximum absolute atomic E-state index is 5.83. The first kappa shape index (κ1) is 18.9. The minimum absolute atomic E-state index is 0.148. The van der Waals surface area contributed by atoms with Crippen molar-refractivity contribution in [3.05, 3.63) is 65.5 Å². The lowest BCUT2D eigenvalue weighted by molar-refractivity contribution is 0.465. The van der Waals surface area contributed by atoms with Crippen LogP contribution in [-0.4, -0.2) is 25.1 Å². The summed E-state index contributed by atoms with van der Waals surface area (Å²) in [5, 5.41) is 11.8. The average molecular weight is 405 g/mol. The first-order chi connectivity index (χ1) is 14.1. The van der Waals surface area contributed by atoms with E-state index in [4.69, 9.17) is 10.2 Å². The molecular weight excluding hydrogens is 386 g/mol. The van der Waals surface area contributed by atoms with Crippen LogP contribution in [0.1, 0.15) is 17.0 Å². The standard InChI is InChI=1S/C20H19N7OS/c1-12-8-9-14(10-13(12)2)17-26-27-20(28-17)29-11-16-23-18(21)25-19(24-16)22-15-6-4-3-5-7-15/h3-10H,11H2,1-2H3,(H3,21,22,23,24,25). The average Bonchev–Trinajstić information content (AvgIpc) is 3.18. The van der Waals surface area contributed by atoms with E-state index in [1.807, 2.05) is 48.5 Å². The normalized spacial score (nSPS) is 10.8. The van der Waals surface area contributed by atoms with E-state index in [1.54, 1.807) is 0 Å². The van der Waals surface area contributed by atoms with E-state index in [9.17, 15) is 0 Å². The quantitative estimate of drug-likeness (QED) is 0.456. The number of anilines is 3. The first-order valence-corrected chi connectivity index (χ1v) is 9.92. The molecular formula is C20H19N7OS. The van der Waals surface area contributed by atoms with Gasteiger partial charge < -0.3 is 15.5 Å². The number of hydrogen-bond donors (Lipinski definition) is 2. The molecule has 0 aliphatic rings. The van der Waals surface area contributed by atoms with E-state index in [2.05, 4.69) is 44.3 Å². The molecule has 4 aromatic rings. The lowest BCUT2D eigenvalue weighted by atomic mass is 10.1. The third-order valence-corrected chi connectivity index (χ3v) is 5.03. The Morgan fingerprint density at radius 3 is 2.59 bits per heavy atom. The maximum Gasteiger partial charge on any atom is 0.277 e. The van der Waals surface area contributed by atoms with Crippen LogP contribution in [0.2, 0.25) is 0 Å². The molecule has 2 aromatic carbocycles. The number of rotatable bonds is 6.